The standard InChI is InChI=1S/C17H24N4O5/c1-11-16(12(2)25-19-11)17(22)21-7-4-13(5-8-21)24-9-6-14-18-15(10-23-3)26-20-14/h13H,4-10H2,1-3H3. The van der Waals surface area contributed by atoms with Crippen LogP contribution in [0.3, 0.4) is 0 Å². The maximum Gasteiger partial charge on any atom is 0.259 e. The molecule has 1 saturated heterocycles. The molecule has 0 unspecified atom stereocenters. The molecule has 0 atom stereocenters. The molecule has 9 heteroatoms. The molecule has 2 aromatic heterocycles. The van der Waals surface area contributed by atoms with Gasteiger partial charge in [0.25, 0.3) is 11.8 Å². The Bertz CT molecular complexity index is 714. The molecule has 0 radical (unpaired) electrons. The molecule has 0 aliphatic carbocycles. The van der Waals surface area contributed by atoms with E-state index in [1.165, 1.54) is 0 Å². The van der Waals surface area contributed by atoms with Gasteiger partial charge in [0.15, 0.2) is 5.82 Å². The number of hydrogen-bond acceptors (Lipinski definition) is 8. The Morgan fingerprint density at radius 1 is 1.23 bits per heavy atom. The normalized spacial score (nSPS) is 15.6. The largest absolute Gasteiger partial charge is 0.378 e. The van der Waals surface area contributed by atoms with Crippen LogP contribution in [-0.4, -0.2) is 59.0 Å². The number of rotatable bonds is 7. The van der Waals surface area contributed by atoms with Gasteiger partial charge in [0, 0.05) is 26.6 Å². The fourth-order valence-corrected chi connectivity index (χ4v) is 3.06. The van der Waals surface area contributed by atoms with Crippen LogP contribution >= 0.6 is 0 Å². The lowest BCUT2D eigenvalue weighted by Crippen LogP contribution is -2.41. The monoisotopic (exact) mass is 364 g/mol. The molecule has 9 nitrogen and oxygen atoms in total. The summed E-state index contributed by atoms with van der Waals surface area (Å²) in [5, 5.41) is 7.74. The summed E-state index contributed by atoms with van der Waals surface area (Å²) in [4.78, 5) is 18.7. The third-order valence-corrected chi connectivity index (χ3v) is 4.43. The zero-order chi connectivity index (χ0) is 18.5. The molecule has 2 aromatic rings. The maximum atomic E-state index is 12.6. The Labute approximate surface area is 151 Å². The lowest BCUT2D eigenvalue weighted by molar-refractivity contribution is 0.00942. The summed E-state index contributed by atoms with van der Waals surface area (Å²) in [5.41, 5.74) is 1.21. The smallest absolute Gasteiger partial charge is 0.259 e. The van der Waals surface area contributed by atoms with E-state index in [1.807, 2.05) is 4.90 Å². The van der Waals surface area contributed by atoms with Crippen molar-refractivity contribution in [1.82, 2.24) is 20.2 Å². The summed E-state index contributed by atoms with van der Waals surface area (Å²) < 4.78 is 21.0. The molecule has 0 saturated carbocycles. The third kappa shape index (κ3) is 4.28. The van der Waals surface area contributed by atoms with Crippen molar-refractivity contribution >= 4 is 5.91 Å². The summed E-state index contributed by atoms with van der Waals surface area (Å²) in [6.45, 7) is 5.70. The second-order valence-electron chi connectivity index (χ2n) is 6.35. The molecule has 0 aromatic carbocycles. The number of carbonyl (C=O) groups is 1. The van der Waals surface area contributed by atoms with Gasteiger partial charge in [0.1, 0.15) is 17.9 Å². The van der Waals surface area contributed by atoms with Crippen LogP contribution in [-0.2, 0) is 22.5 Å². The predicted octanol–water partition coefficient (Wildman–Crippen LogP) is 1.68. The number of aromatic nitrogens is 3. The zero-order valence-electron chi connectivity index (χ0n) is 15.4. The van der Waals surface area contributed by atoms with Crippen molar-refractivity contribution in [3.63, 3.8) is 0 Å². The molecule has 3 rings (SSSR count). The highest BCUT2D eigenvalue weighted by molar-refractivity contribution is 5.96. The second-order valence-corrected chi connectivity index (χ2v) is 6.35. The highest BCUT2D eigenvalue weighted by atomic mass is 16.5. The second kappa shape index (κ2) is 8.41. The molecule has 1 amide bonds. The maximum absolute atomic E-state index is 12.6. The number of aryl methyl sites for hydroxylation is 2. The van der Waals surface area contributed by atoms with Gasteiger partial charge < -0.3 is 23.4 Å². The van der Waals surface area contributed by atoms with Crippen molar-refractivity contribution in [3.8, 4) is 0 Å². The van der Waals surface area contributed by atoms with Crippen molar-refractivity contribution in [3.05, 3.63) is 28.7 Å². The molecule has 1 fully saturated rings. The van der Waals surface area contributed by atoms with Crippen molar-refractivity contribution in [2.45, 2.75) is 45.8 Å². The van der Waals surface area contributed by atoms with Gasteiger partial charge in [-0.25, -0.2) is 0 Å². The van der Waals surface area contributed by atoms with Crippen molar-refractivity contribution in [2.75, 3.05) is 26.8 Å². The fraction of sp³-hybridized carbons (Fsp3) is 0.647. The molecule has 0 bridgehead atoms. The molecule has 1 aliphatic heterocycles. The van der Waals surface area contributed by atoms with Gasteiger partial charge in [-0.3, -0.25) is 4.79 Å². The number of likely N-dealkylation sites (tertiary alicyclic amines) is 1. The van der Waals surface area contributed by atoms with Crippen molar-refractivity contribution in [1.29, 1.82) is 0 Å². The number of ether oxygens (including phenoxy) is 2. The number of amides is 1. The van der Waals surface area contributed by atoms with E-state index in [0.717, 1.165) is 12.8 Å². The summed E-state index contributed by atoms with van der Waals surface area (Å²) in [6.07, 6.45) is 2.33. The average Bonchev–Trinajstić information content (AvgIpc) is 3.22. The summed E-state index contributed by atoms with van der Waals surface area (Å²) in [6, 6.07) is 0. The first-order chi connectivity index (χ1) is 12.6. The molecule has 26 heavy (non-hydrogen) atoms. The molecule has 0 spiro atoms. The average molecular weight is 364 g/mol. The van der Waals surface area contributed by atoms with Crippen LogP contribution in [0, 0.1) is 13.8 Å². The predicted molar refractivity (Wildman–Crippen MR) is 89.6 cm³/mol. The van der Waals surface area contributed by atoms with E-state index in [4.69, 9.17) is 18.5 Å². The van der Waals surface area contributed by atoms with Gasteiger partial charge in [0.2, 0.25) is 0 Å². The van der Waals surface area contributed by atoms with Gasteiger partial charge in [-0.15, -0.1) is 0 Å². The number of piperidine rings is 1. The first-order valence-electron chi connectivity index (χ1n) is 8.72. The van der Waals surface area contributed by atoms with Gasteiger partial charge in [0.05, 0.1) is 18.4 Å². The minimum atomic E-state index is -0.0165. The Morgan fingerprint density at radius 3 is 2.65 bits per heavy atom. The van der Waals surface area contributed by atoms with Gasteiger partial charge in [-0.2, -0.15) is 4.98 Å². The Hall–Kier alpha value is -2.26. The van der Waals surface area contributed by atoms with Crippen molar-refractivity contribution < 1.29 is 23.3 Å². The lowest BCUT2D eigenvalue weighted by Gasteiger charge is -2.31. The molecule has 0 N–H and O–H groups in total. The summed E-state index contributed by atoms with van der Waals surface area (Å²) >= 11 is 0. The zero-order valence-corrected chi connectivity index (χ0v) is 15.4. The number of methoxy groups -OCH3 is 1. The Morgan fingerprint density at radius 2 is 2.00 bits per heavy atom. The van der Waals surface area contributed by atoms with Crippen LogP contribution in [0.25, 0.3) is 0 Å². The number of hydrogen-bond donors (Lipinski definition) is 0. The first-order valence-corrected chi connectivity index (χ1v) is 8.72. The molecular weight excluding hydrogens is 340 g/mol. The SMILES string of the molecule is COCc1nc(CCOC2CCN(C(=O)c3c(C)noc3C)CC2)no1. The number of nitrogens with zero attached hydrogens (tertiary/aromatic N) is 4. The van der Waals surface area contributed by atoms with Gasteiger partial charge in [-0.1, -0.05) is 10.3 Å². The minimum absolute atomic E-state index is 0.0165. The Balaban J connectivity index is 1.41. The Kier molecular flexibility index (Phi) is 6.00. The van der Waals surface area contributed by atoms with Crippen LogP contribution in [0.15, 0.2) is 9.05 Å². The van der Waals surface area contributed by atoms with Crippen LogP contribution in [0.1, 0.15) is 46.4 Å². The van der Waals surface area contributed by atoms with Crippen molar-refractivity contribution in [2.24, 2.45) is 0 Å². The third-order valence-electron chi connectivity index (χ3n) is 4.43. The number of carbonyl (C=O) groups excluding carboxylic acids is 1. The van der Waals surface area contributed by atoms with E-state index in [0.29, 0.717) is 61.5 Å². The fourth-order valence-electron chi connectivity index (χ4n) is 3.06. The highest BCUT2D eigenvalue weighted by Gasteiger charge is 2.27. The summed E-state index contributed by atoms with van der Waals surface area (Å²) in [7, 11) is 1.58. The molecule has 1 aliphatic rings. The lowest BCUT2D eigenvalue weighted by atomic mass is 10.1. The highest BCUT2D eigenvalue weighted by Crippen LogP contribution is 2.20. The van der Waals surface area contributed by atoms with E-state index in [1.54, 1.807) is 21.0 Å². The minimum Gasteiger partial charge on any atom is -0.378 e. The van der Waals surface area contributed by atoms with E-state index in [9.17, 15) is 4.79 Å². The molecule has 142 valence electrons. The van der Waals surface area contributed by atoms with E-state index < -0.39 is 0 Å². The van der Waals surface area contributed by atoms with Crippen LogP contribution < -0.4 is 0 Å². The van der Waals surface area contributed by atoms with Gasteiger partial charge >= 0.3 is 0 Å². The van der Waals surface area contributed by atoms with E-state index >= 15 is 0 Å². The van der Waals surface area contributed by atoms with Gasteiger partial charge in [-0.05, 0) is 26.7 Å². The first kappa shape index (κ1) is 18.5. The quantitative estimate of drug-likeness (QED) is 0.731. The topological polar surface area (TPSA) is 104 Å². The van der Waals surface area contributed by atoms with E-state index in [-0.39, 0.29) is 12.0 Å². The van der Waals surface area contributed by atoms with E-state index in [2.05, 4.69) is 15.3 Å². The van der Waals surface area contributed by atoms with Crippen LogP contribution in [0.5, 0.6) is 0 Å². The molecular formula is C17H24N4O5. The van der Waals surface area contributed by atoms with Crippen LogP contribution in [0.4, 0.5) is 0 Å². The van der Waals surface area contributed by atoms with Crippen LogP contribution in [0.2, 0.25) is 0 Å². The molecule has 3 heterocycles. The summed E-state index contributed by atoms with van der Waals surface area (Å²) in [5.74, 6) is 1.63.